The van der Waals surface area contributed by atoms with Gasteiger partial charge in [0.1, 0.15) is 0 Å². The largest absolute Gasteiger partial charge is 0.265 e. The molecule has 3 heterocycles. The van der Waals surface area contributed by atoms with Gasteiger partial charge in [-0.05, 0) is 25.1 Å². The Morgan fingerprint density at radius 3 is 1.85 bits per heavy atom. The third-order valence-corrected chi connectivity index (χ3v) is 3.19. The second kappa shape index (κ2) is 12.4. The Hall–Kier alpha value is -3.01. The summed E-state index contributed by atoms with van der Waals surface area (Å²) in [5, 5.41) is 4.19. The maximum Gasteiger partial charge on any atom is 0.158 e. The van der Waals surface area contributed by atoms with Crippen LogP contribution in [0.25, 0.3) is 16.9 Å². The Morgan fingerprint density at radius 1 is 0.769 bits per heavy atom. The molecule has 4 heteroatoms. The van der Waals surface area contributed by atoms with Crippen LogP contribution >= 0.6 is 0 Å². The van der Waals surface area contributed by atoms with Crippen molar-refractivity contribution in [3.8, 4) is 11.3 Å². The van der Waals surface area contributed by atoms with Crippen molar-refractivity contribution in [1.82, 2.24) is 19.6 Å². The number of fused-ring (bicyclic) bond motifs is 1. The van der Waals surface area contributed by atoms with E-state index in [1.165, 1.54) is 0 Å². The maximum absolute atomic E-state index is 4.58. The van der Waals surface area contributed by atoms with Crippen molar-refractivity contribution in [2.24, 2.45) is 0 Å². The molecule has 4 aromatic rings. The summed E-state index contributed by atoms with van der Waals surface area (Å²) in [4.78, 5) is 8.57. The fourth-order valence-corrected chi connectivity index (χ4v) is 2.05. The molecule has 0 aliphatic carbocycles. The molecular weight excluding hydrogens is 320 g/mol. The van der Waals surface area contributed by atoms with Gasteiger partial charge in [-0.15, -0.1) is 0 Å². The molecule has 0 saturated carbocycles. The molecule has 26 heavy (non-hydrogen) atoms. The van der Waals surface area contributed by atoms with Gasteiger partial charge < -0.3 is 0 Å². The Labute approximate surface area is 156 Å². The van der Waals surface area contributed by atoms with Crippen molar-refractivity contribution in [2.75, 3.05) is 0 Å². The topological polar surface area (TPSA) is 43.1 Å². The molecule has 1 aromatic carbocycles. The smallest absolute Gasteiger partial charge is 0.158 e. The molecule has 0 unspecified atom stereocenters. The number of rotatable bonds is 1. The van der Waals surface area contributed by atoms with E-state index in [0.29, 0.717) is 0 Å². The van der Waals surface area contributed by atoms with Gasteiger partial charge in [0.25, 0.3) is 0 Å². The zero-order valence-electron chi connectivity index (χ0n) is 16.3. The lowest BCUT2D eigenvalue weighted by Gasteiger charge is -2.01. The van der Waals surface area contributed by atoms with E-state index in [1.54, 1.807) is 16.9 Å². The van der Waals surface area contributed by atoms with Crippen LogP contribution in [0.3, 0.4) is 0 Å². The molecule has 0 radical (unpaired) electrons. The average Bonchev–Trinajstić information content (AvgIpc) is 3.14. The number of aryl methyl sites for hydroxylation is 1. The van der Waals surface area contributed by atoms with E-state index >= 15 is 0 Å². The van der Waals surface area contributed by atoms with Crippen LogP contribution in [-0.4, -0.2) is 19.6 Å². The van der Waals surface area contributed by atoms with Gasteiger partial charge in [-0.2, -0.15) is 5.10 Å². The fourth-order valence-electron chi connectivity index (χ4n) is 2.05. The van der Waals surface area contributed by atoms with Crippen LogP contribution in [0, 0.1) is 6.92 Å². The minimum Gasteiger partial charge on any atom is -0.265 e. The minimum absolute atomic E-state index is 0.898. The van der Waals surface area contributed by atoms with E-state index < -0.39 is 0 Å². The van der Waals surface area contributed by atoms with Gasteiger partial charge in [0.05, 0.1) is 11.9 Å². The number of pyridine rings is 1. The molecule has 0 N–H and O–H groups in total. The first-order chi connectivity index (χ1) is 12.8. The van der Waals surface area contributed by atoms with Crippen LogP contribution in [0.15, 0.2) is 79.4 Å². The highest BCUT2D eigenvalue weighted by Gasteiger charge is 2.03. The van der Waals surface area contributed by atoms with Crippen LogP contribution < -0.4 is 0 Å². The van der Waals surface area contributed by atoms with E-state index in [-0.39, 0.29) is 0 Å². The fraction of sp³-hybridized carbons (Fsp3) is 0.227. The second-order valence-electron chi connectivity index (χ2n) is 4.80. The SMILES string of the molecule is CC.CC.Cc1cnn2ccc(-c3ccncc3)nc12.c1ccccc1. The second-order valence-corrected chi connectivity index (χ2v) is 4.80. The first-order valence-corrected chi connectivity index (χ1v) is 9.06. The summed E-state index contributed by atoms with van der Waals surface area (Å²) in [6.45, 7) is 10.0. The van der Waals surface area contributed by atoms with Crippen molar-refractivity contribution in [2.45, 2.75) is 34.6 Å². The maximum atomic E-state index is 4.58. The van der Waals surface area contributed by atoms with Crippen molar-refractivity contribution in [3.05, 3.63) is 84.9 Å². The van der Waals surface area contributed by atoms with Crippen molar-refractivity contribution in [3.63, 3.8) is 0 Å². The lowest BCUT2D eigenvalue weighted by Crippen LogP contribution is -1.92. The van der Waals surface area contributed by atoms with Gasteiger partial charge in [0.15, 0.2) is 5.65 Å². The zero-order chi connectivity index (χ0) is 19.2. The average molecular weight is 348 g/mol. The summed E-state index contributed by atoms with van der Waals surface area (Å²) in [7, 11) is 0. The molecule has 0 amide bonds. The van der Waals surface area contributed by atoms with Crippen molar-refractivity contribution in [1.29, 1.82) is 0 Å². The van der Waals surface area contributed by atoms with Gasteiger partial charge in [-0.3, -0.25) is 4.98 Å². The third-order valence-electron chi connectivity index (χ3n) is 3.19. The Kier molecular flexibility index (Phi) is 10.0. The molecule has 0 atom stereocenters. The number of hydrogen-bond donors (Lipinski definition) is 0. The van der Waals surface area contributed by atoms with Gasteiger partial charge in [0, 0.05) is 29.7 Å². The van der Waals surface area contributed by atoms with Crippen LogP contribution in [0.5, 0.6) is 0 Å². The third kappa shape index (κ3) is 6.13. The van der Waals surface area contributed by atoms with E-state index in [9.17, 15) is 0 Å². The molecule has 0 spiro atoms. The first kappa shape index (κ1) is 21.0. The standard InChI is InChI=1S/C12H10N4.C6H6.2C2H6/c1-9-8-14-16-7-4-11(15-12(9)16)10-2-5-13-6-3-10;1-2-4-6-5-3-1;2*1-2/h2-8H,1H3;1-6H;2*1-2H3. The van der Waals surface area contributed by atoms with Crippen LogP contribution in [0.1, 0.15) is 33.3 Å². The Morgan fingerprint density at radius 2 is 1.31 bits per heavy atom. The number of aromatic nitrogens is 4. The number of hydrogen-bond acceptors (Lipinski definition) is 3. The summed E-state index contributed by atoms with van der Waals surface area (Å²) in [5.74, 6) is 0. The van der Waals surface area contributed by atoms with Crippen LogP contribution in [0.4, 0.5) is 0 Å². The van der Waals surface area contributed by atoms with Crippen molar-refractivity contribution >= 4 is 5.65 Å². The molecule has 0 aliphatic heterocycles. The summed E-state index contributed by atoms with van der Waals surface area (Å²) < 4.78 is 1.78. The molecular formula is C22H28N4. The summed E-state index contributed by atoms with van der Waals surface area (Å²) in [6, 6.07) is 17.9. The normalized spacial score (nSPS) is 8.96. The molecule has 0 bridgehead atoms. The summed E-state index contributed by atoms with van der Waals surface area (Å²) >= 11 is 0. The van der Waals surface area contributed by atoms with Gasteiger partial charge in [-0.1, -0.05) is 64.1 Å². The van der Waals surface area contributed by atoms with Gasteiger partial charge in [0.2, 0.25) is 0 Å². The predicted octanol–water partition coefficient (Wildman–Crippen LogP) is 5.84. The Balaban J connectivity index is 0.000000284. The van der Waals surface area contributed by atoms with Crippen LogP contribution in [-0.2, 0) is 0 Å². The monoisotopic (exact) mass is 348 g/mol. The van der Waals surface area contributed by atoms with Crippen LogP contribution in [0.2, 0.25) is 0 Å². The van der Waals surface area contributed by atoms with Gasteiger partial charge >= 0.3 is 0 Å². The first-order valence-electron chi connectivity index (χ1n) is 9.06. The molecule has 0 fully saturated rings. The lowest BCUT2D eigenvalue weighted by atomic mass is 10.2. The molecule has 136 valence electrons. The molecule has 0 saturated heterocycles. The highest BCUT2D eigenvalue weighted by molar-refractivity contribution is 5.61. The molecule has 4 nitrogen and oxygen atoms in total. The summed E-state index contributed by atoms with van der Waals surface area (Å²) in [5.41, 5.74) is 3.99. The number of nitrogens with zero attached hydrogens (tertiary/aromatic N) is 4. The highest BCUT2D eigenvalue weighted by Crippen LogP contribution is 2.17. The highest BCUT2D eigenvalue weighted by atomic mass is 15.2. The van der Waals surface area contributed by atoms with E-state index in [1.807, 2.05) is 102 Å². The number of benzene rings is 1. The van der Waals surface area contributed by atoms with Crippen molar-refractivity contribution < 1.29 is 0 Å². The molecule has 4 rings (SSSR count). The van der Waals surface area contributed by atoms with E-state index in [4.69, 9.17) is 0 Å². The summed E-state index contributed by atoms with van der Waals surface area (Å²) in [6.07, 6.45) is 7.28. The van der Waals surface area contributed by atoms with E-state index in [0.717, 1.165) is 22.5 Å². The minimum atomic E-state index is 0.898. The lowest BCUT2D eigenvalue weighted by molar-refractivity contribution is 0.941. The van der Waals surface area contributed by atoms with E-state index in [2.05, 4.69) is 15.1 Å². The molecule has 0 aliphatic rings. The molecule has 3 aromatic heterocycles. The Bertz CT molecular complexity index is 813. The van der Waals surface area contributed by atoms with Gasteiger partial charge in [-0.25, -0.2) is 9.50 Å². The quantitative estimate of drug-likeness (QED) is 0.434. The zero-order valence-corrected chi connectivity index (χ0v) is 16.3. The predicted molar refractivity (Wildman–Crippen MR) is 110 cm³/mol.